The summed E-state index contributed by atoms with van der Waals surface area (Å²) in [4.78, 5) is 18.8. The fourth-order valence-corrected chi connectivity index (χ4v) is 1.63. The van der Waals surface area contributed by atoms with E-state index in [4.69, 9.17) is 4.74 Å². The molecule has 0 atom stereocenters. The first-order valence-corrected chi connectivity index (χ1v) is 4.82. The van der Waals surface area contributed by atoms with E-state index < -0.39 is 0 Å². The van der Waals surface area contributed by atoms with Gasteiger partial charge in [0.2, 0.25) is 5.96 Å². The summed E-state index contributed by atoms with van der Waals surface area (Å²) in [5.74, 6) is 2.72. The molecule has 0 amide bonds. The SMILES string of the molecule is COC1=NC2=CC=CC3=NC(C)=NC(=N1)N23. The van der Waals surface area contributed by atoms with E-state index in [1.54, 1.807) is 4.90 Å². The summed E-state index contributed by atoms with van der Waals surface area (Å²) in [6.07, 6.45) is 5.65. The first-order valence-electron chi connectivity index (χ1n) is 4.82. The molecule has 3 rings (SSSR count). The van der Waals surface area contributed by atoms with Crippen LogP contribution in [0.25, 0.3) is 0 Å². The maximum Gasteiger partial charge on any atom is 0.321 e. The third-order valence-electron chi connectivity index (χ3n) is 2.28. The lowest BCUT2D eigenvalue weighted by atomic mass is 10.3. The molecule has 3 aliphatic heterocycles. The molecule has 6 heteroatoms. The van der Waals surface area contributed by atoms with Crippen LogP contribution in [0.5, 0.6) is 0 Å². The second-order valence-corrected chi connectivity index (χ2v) is 3.36. The molecule has 80 valence electrons. The molecule has 0 saturated carbocycles. The van der Waals surface area contributed by atoms with Crippen LogP contribution in [0.15, 0.2) is 44.0 Å². The van der Waals surface area contributed by atoms with Crippen molar-refractivity contribution < 1.29 is 4.74 Å². The first-order chi connectivity index (χ1) is 7.78. The fourth-order valence-electron chi connectivity index (χ4n) is 1.63. The second-order valence-electron chi connectivity index (χ2n) is 3.36. The molecule has 0 saturated heterocycles. The minimum absolute atomic E-state index is 0.311. The maximum absolute atomic E-state index is 5.03. The van der Waals surface area contributed by atoms with Gasteiger partial charge in [-0.2, -0.15) is 15.0 Å². The van der Waals surface area contributed by atoms with Crippen LogP contribution in [-0.2, 0) is 4.74 Å². The molecule has 6 nitrogen and oxygen atoms in total. The summed E-state index contributed by atoms with van der Waals surface area (Å²) in [6.45, 7) is 1.83. The van der Waals surface area contributed by atoms with Gasteiger partial charge in [0.05, 0.1) is 7.11 Å². The van der Waals surface area contributed by atoms with E-state index >= 15 is 0 Å². The van der Waals surface area contributed by atoms with Crippen molar-refractivity contribution in [1.29, 1.82) is 0 Å². The summed E-state index contributed by atoms with van der Waals surface area (Å²) in [7, 11) is 1.53. The Labute approximate surface area is 92.1 Å². The molecule has 0 aromatic rings. The predicted octanol–water partition coefficient (Wildman–Crippen LogP) is 0.902. The van der Waals surface area contributed by atoms with Crippen LogP contribution >= 0.6 is 0 Å². The van der Waals surface area contributed by atoms with Crippen molar-refractivity contribution in [2.24, 2.45) is 20.0 Å². The maximum atomic E-state index is 5.03. The van der Waals surface area contributed by atoms with Crippen LogP contribution in [0.1, 0.15) is 6.92 Å². The van der Waals surface area contributed by atoms with Crippen molar-refractivity contribution >= 4 is 23.7 Å². The van der Waals surface area contributed by atoms with Gasteiger partial charge in [-0.3, -0.25) is 0 Å². The summed E-state index contributed by atoms with van der Waals surface area (Å²) >= 11 is 0. The van der Waals surface area contributed by atoms with Crippen LogP contribution in [0.2, 0.25) is 0 Å². The van der Waals surface area contributed by atoms with Crippen LogP contribution in [0, 0.1) is 0 Å². The van der Waals surface area contributed by atoms with Gasteiger partial charge in [0.1, 0.15) is 17.5 Å². The van der Waals surface area contributed by atoms with Crippen molar-refractivity contribution in [2.75, 3.05) is 7.11 Å². The minimum Gasteiger partial charge on any atom is -0.467 e. The van der Waals surface area contributed by atoms with Crippen LogP contribution in [0.3, 0.4) is 0 Å². The lowest BCUT2D eigenvalue weighted by Gasteiger charge is -2.30. The third kappa shape index (κ3) is 1.19. The summed E-state index contributed by atoms with van der Waals surface area (Å²) in [5, 5.41) is 0. The summed E-state index contributed by atoms with van der Waals surface area (Å²) in [5.41, 5.74) is 0. The van der Waals surface area contributed by atoms with E-state index in [0.29, 0.717) is 17.8 Å². The lowest BCUT2D eigenvalue weighted by molar-refractivity contribution is 0.391. The zero-order chi connectivity index (χ0) is 11.1. The number of aliphatic imine (C=N–C) groups is 4. The normalized spacial score (nSPS) is 21.4. The largest absolute Gasteiger partial charge is 0.467 e. The average Bonchev–Trinajstić information content (AvgIpc) is 2.28. The van der Waals surface area contributed by atoms with E-state index in [0.717, 1.165) is 11.7 Å². The molecule has 0 bridgehead atoms. The summed E-state index contributed by atoms with van der Waals surface area (Å²) < 4.78 is 5.03. The standard InChI is InChI=1S/C10H9N5O/c1-6-11-7-4-3-5-8-13-10(16-2)14-9(12-6)15(7)8/h3-5H,1-2H3. The number of methoxy groups -OCH3 is 1. The van der Waals surface area contributed by atoms with Gasteiger partial charge in [-0.05, 0) is 19.1 Å². The highest BCUT2D eigenvalue weighted by molar-refractivity contribution is 6.20. The number of hydrogen-bond donors (Lipinski definition) is 0. The zero-order valence-electron chi connectivity index (χ0n) is 8.88. The molecule has 0 radical (unpaired) electrons. The Morgan fingerprint density at radius 1 is 1.19 bits per heavy atom. The van der Waals surface area contributed by atoms with Crippen molar-refractivity contribution in [3.8, 4) is 0 Å². The van der Waals surface area contributed by atoms with E-state index in [9.17, 15) is 0 Å². The molecule has 0 aromatic carbocycles. The predicted molar refractivity (Wildman–Crippen MR) is 61.5 cm³/mol. The molecule has 3 heterocycles. The van der Waals surface area contributed by atoms with Crippen molar-refractivity contribution in [3.63, 3.8) is 0 Å². The third-order valence-corrected chi connectivity index (χ3v) is 2.28. The number of nitrogens with zero attached hydrogens (tertiary/aromatic N) is 5. The molecule has 0 N–H and O–H groups in total. The number of ether oxygens (including phenoxy) is 1. The van der Waals surface area contributed by atoms with Gasteiger partial charge in [-0.25, -0.2) is 9.89 Å². The average molecular weight is 215 g/mol. The fraction of sp³-hybridized carbons (Fsp3) is 0.200. The number of rotatable bonds is 0. The molecule has 0 fully saturated rings. The molecule has 0 aliphatic carbocycles. The minimum atomic E-state index is 0.311. The molecule has 3 aliphatic rings. The number of guanidine groups is 1. The zero-order valence-corrected chi connectivity index (χ0v) is 8.88. The monoisotopic (exact) mass is 215 g/mol. The van der Waals surface area contributed by atoms with E-state index in [1.165, 1.54) is 7.11 Å². The Balaban J connectivity index is 2.18. The van der Waals surface area contributed by atoms with Gasteiger partial charge in [0.15, 0.2) is 0 Å². The van der Waals surface area contributed by atoms with Gasteiger partial charge in [-0.15, -0.1) is 0 Å². The number of allylic oxidation sites excluding steroid dienone is 2. The number of amidine groups is 3. The van der Waals surface area contributed by atoms with E-state index in [2.05, 4.69) is 20.0 Å². The van der Waals surface area contributed by atoms with Crippen LogP contribution in [-0.4, -0.2) is 35.7 Å². The van der Waals surface area contributed by atoms with Crippen LogP contribution < -0.4 is 0 Å². The van der Waals surface area contributed by atoms with E-state index in [1.807, 2.05) is 25.2 Å². The van der Waals surface area contributed by atoms with Gasteiger partial charge >= 0.3 is 6.02 Å². The Hall–Kier alpha value is -2.24. The Morgan fingerprint density at radius 3 is 2.88 bits per heavy atom. The van der Waals surface area contributed by atoms with Gasteiger partial charge in [0.25, 0.3) is 0 Å². The smallest absolute Gasteiger partial charge is 0.321 e. The lowest BCUT2D eigenvalue weighted by Crippen LogP contribution is -2.41. The number of hydrogen-bond acceptors (Lipinski definition) is 6. The van der Waals surface area contributed by atoms with E-state index in [-0.39, 0.29) is 0 Å². The first kappa shape index (κ1) is 9.02. The van der Waals surface area contributed by atoms with Crippen molar-refractivity contribution in [2.45, 2.75) is 6.92 Å². The Morgan fingerprint density at radius 2 is 2.06 bits per heavy atom. The molecule has 0 spiro atoms. The highest BCUT2D eigenvalue weighted by Crippen LogP contribution is 2.22. The molecular weight excluding hydrogens is 206 g/mol. The summed E-state index contributed by atoms with van der Waals surface area (Å²) in [6, 6.07) is 0.311. The van der Waals surface area contributed by atoms with Crippen molar-refractivity contribution in [1.82, 2.24) is 4.90 Å². The van der Waals surface area contributed by atoms with Crippen LogP contribution in [0.4, 0.5) is 0 Å². The quantitative estimate of drug-likeness (QED) is 0.602. The molecule has 16 heavy (non-hydrogen) atoms. The highest BCUT2D eigenvalue weighted by atomic mass is 16.5. The topological polar surface area (TPSA) is 61.9 Å². The second kappa shape index (κ2) is 3.13. The van der Waals surface area contributed by atoms with Gasteiger partial charge < -0.3 is 4.74 Å². The van der Waals surface area contributed by atoms with Gasteiger partial charge in [-0.1, -0.05) is 6.08 Å². The highest BCUT2D eigenvalue weighted by Gasteiger charge is 2.29. The Bertz CT molecular complexity index is 535. The molecule has 0 unspecified atom stereocenters. The van der Waals surface area contributed by atoms with Gasteiger partial charge in [0, 0.05) is 0 Å². The van der Waals surface area contributed by atoms with Crippen molar-refractivity contribution in [3.05, 3.63) is 24.0 Å². The molecule has 0 aromatic heterocycles. The Kier molecular flexibility index (Phi) is 1.76. The molecular formula is C10H9N5O.